The van der Waals surface area contributed by atoms with Gasteiger partial charge in [0.05, 0.1) is 0 Å². The van der Waals surface area contributed by atoms with Gasteiger partial charge in [-0.25, -0.2) is 0 Å². The maximum absolute atomic E-state index is 4.25. The second kappa shape index (κ2) is 7.66. The zero-order valence-electron chi connectivity index (χ0n) is 9.79. The van der Waals surface area contributed by atoms with Crippen LogP contribution in [-0.4, -0.2) is 11.5 Å². The van der Waals surface area contributed by atoms with Crippen LogP contribution in [0, 0.1) is 12.8 Å². The summed E-state index contributed by atoms with van der Waals surface area (Å²) in [7, 11) is 0. The Morgan fingerprint density at radius 3 is 2.73 bits per heavy atom. The largest absolute Gasteiger partial charge is 0.313 e. The Labute approximate surface area is 98.9 Å². The van der Waals surface area contributed by atoms with E-state index in [1.807, 2.05) is 12.3 Å². The van der Waals surface area contributed by atoms with Crippen molar-refractivity contribution >= 4 is 12.4 Å². The van der Waals surface area contributed by atoms with E-state index in [-0.39, 0.29) is 12.4 Å². The Morgan fingerprint density at radius 1 is 1.40 bits per heavy atom. The average Bonchev–Trinajstić information content (AvgIpc) is 2.15. The molecule has 0 saturated carbocycles. The van der Waals surface area contributed by atoms with Gasteiger partial charge in [0, 0.05) is 18.4 Å². The van der Waals surface area contributed by atoms with E-state index in [2.05, 4.69) is 37.1 Å². The molecule has 1 aromatic rings. The highest BCUT2D eigenvalue weighted by Crippen LogP contribution is 2.03. The predicted octanol–water partition coefficient (Wildman–Crippen LogP) is 2.95. The van der Waals surface area contributed by atoms with E-state index in [1.165, 1.54) is 12.0 Å². The van der Waals surface area contributed by atoms with Crippen molar-refractivity contribution in [2.24, 2.45) is 5.92 Å². The van der Waals surface area contributed by atoms with Crippen LogP contribution < -0.4 is 5.32 Å². The van der Waals surface area contributed by atoms with Gasteiger partial charge in [0.15, 0.2) is 0 Å². The molecule has 86 valence electrons. The fourth-order valence-electron chi connectivity index (χ4n) is 1.32. The van der Waals surface area contributed by atoms with Crippen molar-refractivity contribution in [3.8, 4) is 0 Å². The maximum Gasteiger partial charge on any atom is 0.0417 e. The Balaban J connectivity index is 0.00000196. The first kappa shape index (κ1) is 14.4. The highest BCUT2D eigenvalue weighted by molar-refractivity contribution is 5.85. The molecular formula is C12H21ClN2. The van der Waals surface area contributed by atoms with Gasteiger partial charge in [0.25, 0.3) is 0 Å². The lowest BCUT2D eigenvalue weighted by Gasteiger charge is -2.08. The SMILES string of the molecule is Cc1ncccc1CNCCC(C)C.Cl. The normalized spacial score (nSPS) is 10.1. The molecule has 0 aliphatic heterocycles. The van der Waals surface area contributed by atoms with Crippen LogP contribution in [0.3, 0.4) is 0 Å². The Hall–Kier alpha value is -0.600. The summed E-state index contributed by atoms with van der Waals surface area (Å²) in [5.74, 6) is 0.775. The first-order valence-electron chi connectivity index (χ1n) is 5.31. The van der Waals surface area contributed by atoms with Crippen LogP contribution in [0.2, 0.25) is 0 Å². The smallest absolute Gasteiger partial charge is 0.0417 e. The van der Waals surface area contributed by atoms with Gasteiger partial charge in [-0.3, -0.25) is 4.98 Å². The second-order valence-electron chi connectivity index (χ2n) is 4.11. The molecule has 1 N–H and O–H groups in total. The van der Waals surface area contributed by atoms with Crippen molar-refractivity contribution in [2.45, 2.75) is 33.7 Å². The van der Waals surface area contributed by atoms with Crippen molar-refractivity contribution in [3.63, 3.8) is 0 Å². The van der Waals surface area contributed by atoms with Crippen LogP contribution in [0.4, 0.5) is 0 Å². The van der Waals surface area contributed by atoms with Gasteiger partial charge in [0.2, 0.25) is 0 Å². The molecule has 1 aromatic heterocycles. The number of aryl methyl sites for hydroxylation is 1. The third-order valence-corrected chi connectivity index (χ3v) is 2.33. The maximum atomic E-state index is 4.25. The van der Waals surface area contributed by atoms with Gasteiger partial charge in [-0.2, -0.15) is 0 Å². The van der Waals surface area contributed by atoms with E-state index in [0.717, 1.165) is 24.7 Å². The van der Waals surface area contributed by atoms with Crippen molar-refractivity contribution in [1.29, 1.82) is 0 Å². The summed E-state index contributed by atoms with van der Waals surface area (Å²) in [6, 6.07) is 4.12. The number of aromatic nitrogens is 1. The lowest BCUT2D eigenvalue weighted by atomic mass is 10.1. The zero-order chi connectivity index (χ0) is 10.4. The summed E-state index contributed by atoms with van der Waals surface area (Å²) in [5.41, 5.74) is 2.43. The minimum Gasteiger partial charge on any atom is -0.313 e. The molecule has 1 heterocycles. The molecule has 1 rings (SSSR count). The topological polar surface area (TPSA) is 24.9 Å². The quantitative estimate of drug-likeness (QED) is 0.784. The van der Waals surface area contributed by atoms with Gasteiger partial charge < -0.3 is 5.32 Å². The van der Waals surface area contributed by atoms with Gasteiger partial charge in [0.1, 0.15) is 0 Å². The van der Waals surface area contributed by atoms with E-state index in [0.29, 0.717) is 0 Å². The van der Waals surface area contributed by atoms with Gasteiger partial charge in [-0.15, -0.1) is 12.4 Å². The highest BCUT2D eigenvalue weighted by atomic mass is 35.5. The fraction of sp³-hybridized carbons (Fsp3) is 0.583. The van der Waals surface area contributed by atoms with Crippen LogP contribution in [-0.2, 0) is 6.54 Å². The summed E-state index contributed by atoms with van der Waals surface area (Å²) in [5, 5.41) is 3.43. The Bertz CT molecular complexity index is 274. The lowest BCUT2D eigenvalue weighted by molar-refractivity contribution is 0.536. The molecule has 0 radical (unpaired) electrons. The number of halogens is 1. The van der Waals surface area contributed by atoms with Crippen LogP contribution in [0.25, 0.3) is 0 Å². The van der Waals surface area contributed by atoms with Crippen LogP contribution in [0.15, 0.2) is 18.3 Å². The zero-order valence-corrected chi connectivity index (χ0v) is 10.6. The molecular weight excluding hydrogens is 208 g/mol. The molecule has 15 heavy (non-hydrogen) atoms. The van der Waals surface area contributed by atoms with Crippen LogP contribution >= 0.6 is 12.4 Å². The van der Waals surface area contributed by atoms with E-state index in [4.69, 9.17) is 0 Å². The van der Waals surface area contributed by atoms with E-state index < -0.39 is 0 Å². The number of nitrogens with one attached hydrogen (secondary N) is 1. The monoisotopic (exact) mass is 228 g/mol. The molecule has 0 aliphatic carbocycles. The van der Waals surface area contributed by atoms with E-state index in [1.54, 1.807) is 0 Å². The van der Waals surface area contributed by atoms with Gasteiger partial charge in [-0.1, -0.05) is 19.9 Å². The number of pyridine rings is 1. The number of hydrogen-bond donors (Lipinski definition) is 1. The molecule has 0 amide bonds. The summed E-state index contributed by atoms with van der Waals surface area (Å²) >= 11 is 0. The van der Waals surface area contributed by atoms with E-state index >= 15 is 0 Å². The van der Waals surface area contributed by atoms with Gasteiger partial charge >= 0.3 is 0 Å². The predicted molar refractivity (Wildman–Crippen MR) is 67.4 cm³/mol. The minimum atomic E-state index is 0. The first-order chi connectivity index (χ1) is 6.70. The highest BCUT2D eigenvalue weighted by Gasteiger charge is 1.97. The van der Waals surface area contributed by atoms with Crippen molar-refractivity contribution in [1.82, 2.24) is 10.3 Å². The summed E-state index contributed by atoms with van der Waals surface area (Å²) < 4.78 is 0. The minimum absolute atomic E-state index is 0. The third-order valence-electron chi connectivity index (χ3n) is 2.33. The van der Waals surface area contributed by atoms with Crippen LogP contribution in [0.5, 0.6) is 0 Å². The Morgan fingerprint density at radius 2 is 2.13 bits per heavy atom. The molecule has 0 atom stereocenters. The molecule has 0 aromatic carbocycles. The fourth-order valence-corrected chi connectivity index (χ4v) is 1.32. The molecule has 0 bridgehead atoms. The van der Waals surface area contributed by atoms with Crippen molar-refractivity contribution in [2.75, 3.05) is 6.54 Å². The standard InChI is InChI=1S/C12H20N2.ClH/c1-10(2)6-8-13-9-12-5-4-7-14-11(12)3;/h4-5,7,10,13H,6,8-9H2,1-3H3;1H. The van der Waals surface area contributed by atoms with Crippen molar-refractivity contribution < 1.29 is 0 Å². The molecule has 3 heteroatoms. The Kier molecular flexibility index (Phi) is 7.35. The molecule has 0 unspecified atom stereocenters. The number of nitrogens with zero attached hydrogens (tertiary/aromatic N) is 1. The molecule has 0 saturated heterocycles. The van der Waals surface area contributed by atoms with Crippen LogP contribution in [0.1, 0.15) is 31.5 Å². The lowest BCUT2D eigenvalue weighted by Crippen LogP contribution is -2.17. The third kappa shape index (κ3) is 5.75. The molecule has 0 fully saturated rings. The molecule has 0 spiro atoms. The van der Waals surface area contributed by atoms with Gasteiger partial charge in [-0.05, 0) is 37.4 Å². The average molecular weight is 229 g/mol. The number of hydrogen-bond acceptors (Lipinski definition) is 2. The first-order valence-corrected chi connectivity index (χ1v) is 5.31. The molecule has 0 aliphatic rings. The van der Waals surface area contributed by atoms with E-state index in [9.17, 15) is 0 Å². The summed E-state index contributed by atoms with van der Waals surface area (Å²) in [6.45, 7) is 8.58. The summed E-state index contributed by atoms with van der Waals surface area (Å²) in [4.78, 5) is 4.25. The van der Waals surface area contributed by atoms with Crippen molar-refractivity contribution in [3.05, 3.63) is 29.6 Å². The second-order valence-corrected chi connectivity index (χ2v) is 4.11. The number of rotatable bonds is 5. The summed E-state index contributed by atoms with van der Waals surface area (Å²) in [6.07, 6.45) is 3.08. The molecule has 2 nitrogen and oxygen atoms in total.